The van der Waals surface area contributed by atoms with Crippen LogP contribution in [0.5, 0.6) is 0 Å². The van der Waals surface area contributed by atoms with Crippen LogP contribution in [0.15, 0.2) is 29.2 Å². The van der Waals surface area contributed by atoms with Crippen molar-refractivity contribution in [3.63, 3.8) is 0 Å². The highest BCUT2D eigenvalue weighted by Crippen LogP contribution is 2.31. The van der Waals surface area contributed by atoms with Crippen LogP contribution in [0.25, 0.3) is 0 Å². The minimum Gasteiger partial charge on any atom is -0.373 e. The van der Waals surface area contributed by atoms with Gasteiger partial charge in [0.2, 0.25) is 5.91 Å². The number of rotatable bonds is 6. The summed E-state index contributed by atoms with van der Waals surface area (Å²) in [7, 11) is 0. The van der Waals surface area contributed by atoms with E-state index in [2.05, 4.69) is 16.3 Å². The molecule has 1 amide bonds. The number of carbonyl (C=O) groups is 1. The molecule has 0 aromatic heterocycles. The molecule has 0 radical (unpaired) electrons. The molecule has 0 saturated carbocycles. The highest BCUT2D eigenvalue weighted by atomic mass is 32.2. The Morgan fingerprint density at radius 2 is 2.08 bits per heavy atom. The van der Waals surface area contributed by atoms with E-state index in [0.717, 1.165) is 23.7 Å². The second kappa shape index (κ2) is 9.07. The van der Waals surface area contributed by atoms with E-state index in [1.165, 1.54) is 0 Å². The van der Waals surface area contributed by atoms with E-state index in [0.29, 0.717) is 13.0 Å². The number of carbonyl (C=O) groups excluding carboxylic acids is 1. The molecule has 1 fully saturated rings. The molecule has 24 heavy (non-hydrogen) atoms. The number of morpholine rings is 1. The number of hydrogen-bond donors (Lipinski definition) is 1. The minimum absolute atomic E-state index is 0.0164. The quantitative estimate of drug-likeness (QED) is 0.801. The van der Waals surface area contributed by atoms with Crippen molar-refractivity contribution in [3.05, 3.63) is 24.3 Å². The van der Waals surface area contributed by atoms with Gasteiger partial charge in [0, 0.05) is 29.7 Å². The normalized spacial score (nSPS) is 22.6. The zero-order valence-electron chi connectivity index (χ0n) is 14.5. The van der Waals surface area contributed by atoms with Gasteiger partial charge in [0.15, 0.2) is 0 Å². The predicted molar refractivity (Wildman–Crippen MR) is 97.1 cm³/mol. The number of thioether (sulfide) groups is 1. The second-order valence-electron chi connectivity index (χ2n) is 6.29. The van der Waals surface area contributed by atoms with Gasteiger partial charge >= 0.3 is 0 Å². The lowest BCUT2D eigenvalue weighted by Gasteiger charge is -2.34. The molecule has 130 valence electrons. The fraction of sp³-hybridized carbons (Fsp3) is 0.556. The summed E-state index contributed by atoms with van der Waals surface area (Å²) in [6.07, 6.45) is 0.781. The number of amides is 1. The Balaban J connectivity index is 1.95. The molecule has 0 aliphatic carbocycles. The Kier molecular flexibility index (Phi) is 7.10. The van der Waals surface area contributed by atoms with Crippen molar-refractivity contribution in [2.45, 2.75) is 49.5 Å². The van der Waals surface area contributed by atoms with E-state index < -0.39 is 0 Å². The molecule has 3 atom stereocenters. The van der Waals surface area contributed by atoms with E-state index >= 15 is 0 Å². The van der Waals surface area contributed by atoms with Crippen LogP contribution in [0.3, 0.4) is 0 Å². The third kappa shape index (κ3) is 5.82. The average molecular weight is 347 g/mol. The van der Waals surface area contributed by atoms with Crippen LogP contribution < -0.4 is 5.32 Å². The Labute approximate surface area is 148 Å². The maximum absolute atomic E-state index is 12.4. The first-order valence-corrected chi connectivity index (χ1v) is 9.16. The molecule has 1 aromatic carbocycles. The lowest BCUT2D eigenvalue weighted by molar-refractivity contribution is -0.121. The smallest absolute Gasteiger partial charge is 0.238 e. The monoisotopic (exact) mass is 347 g/mol. The molecular weight excluding hydrogens is 322 g/mol. The highest BCUT2D eigenvalue weighted by molar-refractivity contribution is 8.00. The average Bonchev–Trinajstić information content (AvgIpc) is 2.48. The molecule has 6 heteroatoms. The number of ether oxygens (including phenoxy) is 1. The minimum atomic E-state index is -0.0164. The van der Waals surface area contributed by atoms with Crippen molar-refractivity contribution in [1.82, 2.24) is 4.90 Å². The Morgan fingerprint density at radius 3 is 2.75 bits per heavy atom. The third-order valence-corrected chi connectivity index (χ3v) is 4.91. The van der Waals surface area contributed by atoms with Gasteiger partial charge in [0.1, 0.15) is 0 Å². The summed E-state index contributed by atoms with van der Waals surface area (Å²) >= 11 is 1.61. The van der Waals surface area contributed by atoms with E-state index in [1.807, 2.05) is 45.0 Å². The van der Waals surface area contributed by atoms with Crippen LogP contribution >= 0.6 is 11.8 Å². The van der Waals surface area contributed by atoms with Crippen LogP contribution in [-0.4, -0.2) is 47.9 Å². The molecule has 2 rings (SSSR count). The first-order chi connectivity index (χ1) is 11.5. The first-order valence-electron chi connectivity index (χ1n) is 8.28. The van der Waals surface area contributed by atoms with Gasteiger partial charge in [-0.1, -0.05) is 19.1 Å². The molecule has 5 nitrogen and oxygen atoms in total. The zero-order valence-corrected chi connectivity index (χ0v) is 15.3. The first kappa shape index (κ1) is 18.8. The SMILES string of the molecule is C[C@@H]1CN(CC(=O)Nc2ccccc2S[C@@H](C)CC#N)C[C@@H](C)O1. The van der Waals surface area contributed by atoms with E-state index in [9.17, 15) is 4.79 Å². The van der Waals surface area contributed by atoms with Crippen molar-refractivity contribution in [1.29, 1.82) is 5.26 Å². The maximum atomic E-state index is 12.4. The highest BCUT2D eigenvalue weighted by Gasteiger charge is 2.23. The van der Waals surface area contributed by atoms with Crippen molar-refractivity contribution in [2.75, 3.05) is 25.0 Å². The van der Waals surface area contributed by atoms with Gasteiger partial charge < -0.3 is 10.1 Å². The largest absolute Gasteiger partial charge is 0.373 e. The lowest BCUT2D eigenvalue weighted by Crippen LogP contribution is -2.48. The summed E-state index contributed by atoms with van der Waals surface area (Å²) in [5.41, 5.74) is 0.812. The standard InChI is InChI=1S/C18H25N3O2S/c1-13-10-21(11-14(2)23-13)12-18(22)20-16-6-4-5-7-17(16)24-15(3)8-9-19/h4-7,13-15H,8,10-12H2,1-3H3,(H,20,22)/t13-,14-,15+/m1/s1. The molecular formula is C18H25N3O2S. The van der Waals surface area contributed by atoms with Gasteiger partial charge in [-0.2, -0.15) is 5.26 Å². The number of para-hydroxylation sites is 1. The third-order valence-electron chi connectivity index (χ3n) is 3.73. The molecule has 1 heterocycles. The number of nitrogens with zero attached hydrogens (tertiary/aromatic N) is 2. The van der Waals surface area contributed by atoms with Crippen LogP contribution in [0.2, 0.25) is 0 Å². The van der Waals surface area contributed by atoms with Crippen molar-refractivity contribution < 1.29 is 9.53 Å². The Morgan fingerprint density at radius 1 is 1.42 bits per heavy atom. The fourth-order valence-electron chi connectivity index (χ4n) is 2.87. The van der Waals surface area contributed by atoms with Crippen molar-refractivity contribution >= 4 is 23.4 Å². The van der Waals surface area contributed by atoms with Gasteiger partial charge in [0.25, 0.3) is 0 Å². The molecule has 1 aliphatic rings. The topological polar surface area (TPSA) is 65.4 Å². The summed E-state index contributed by atoms with van der Waals surface area (Å²) in [4.78, 5) is 15.5. The van der Waals surface area contributed by atoms with Crippen LogP contribution in [0.1, 0.15) is 27.2 Å². The zero-order chi connectivity index (χ0) is 17.5. The summed E-state index contributed by atoms with van der Waals surface area (Å²) in [6, 6.07) is 9.93. The number of hydrogen-bond acceptors (Lipinski definition) is 5. The van der Waals surface area contributed by atoms with Crippen molar-refractivity contribution in [3.8, 4) is 6.07 Å². The van der Waals surface area contributed by atoms with E-state index in [4.69, 9.17) is 10.00 Å². The number of nitrogens with one attached hydrogen (secondary N) is 1. The summed E-state index contributed by atoms with van der Waals surface area (Å²) in [6.45, 7) is 7.99. The van der Waals surface area contributed by atoms with Gasteiger partial charge in [0.05, 0.1) is 30.5 Å². The Hall–Kier alpha value is -1.55. The summed E-state index contributed by atoms with van der Waals surface area (Å²) in [5.74, 6) is -0.0164. The van der Waals surface area contributed by atoms with E-state index in [1.54, 1.807) is 11.8 Å². The Bertz CT molecular complexity index is 592. The van der Waals surface area contributed by atoms with Gasteiger partial charge in [-0.15, -0.1) is 11.8 Å². The maximum Gasteiger partial charge on any atom is 0.238 e. The number of anilines is 1. The fourth-order valence-corrected chi connectivity index (χ4v) is 3.86. The molecule has 1 aliphatic heterocycles. The summed E-state index contributed by atoms with van der Waals surface area (Å²) < 4.78 is 5.70. The van der Waals surface area contributed by atoms with Crippen molar-refractivity contribution in [2.24, 2.45) is 0 Å². The van der Waals surface area contributed by atoms with Gasteiger partial charge in [-0.25, -0.2) is 0 Å². The van der Waals surface area contributed by atoms with Crippen LogP contribution in [0.4, 0.5) is 5.69 Å². The van der Waals surface area contributed by atoms with Gasteiger partial charge in [-0.3, -0.25) is 9.69 Å². The molecule has 0 bridgehead atoms. The molecule has 0 spiro atoms. The second-order valence-corrected chi connectivity index (χ2v) is 7.77. The molecule has 0 unspecified atom stereocenters. The lowest BCUT2D eigenvalue weighted by atomic mass is 10.2. The molecule has 1 aromatic rings. The predicted octanol–water partition coefficient (Wildman–Crippen LogP) is 3.13. The van der Waals surface area contributed by atoms with Crippen LogP contribution in [-0.2, 0) is 9.53 Å². The summed E-state index contributed by atoms with van der Waals surface area (Å²) in [5, 5.41) is 12.0. The molecule has 1 N–H and O–H groups in total. The van der Waals surface area contributed by atoms with Crippen LogP contribution in [0, 0.1) is 11.3 Å². The number of benzene rings is 1. The van der Waals surface area contributed by atoms with Gasteiger partial charge in [-0.05, 0) is 26.0 Å². The van der Waals surface area contributed by atoms with E-state index in [-0.39, 0.29) is 23.4 Å². The number of nitriles is 1. The molecule has 1 saturated heterocycles.